The van der Waals surface area contributed by atoms with E-state index in [4.69, 9.17) is 0 Å². The highest BCUT2D eigenvalue weighted by atomic mass is 79.9. The average molecular weight is 409 g/mol. The first-order valence-corrected chi connectivity index (χ1v) is 8.95. The zero-order valence-electron chi connectivity index (χ0n) is 13.9. The van der Waals surface area contributed by atoms with Gasteiger partial charge in [0.05, 0.1) is 12.2 Å². The number of benzene rings is 2. The minimum Gasteiger partial charge on any atom is -0.324 e. The molecule has 0 radical (unpaired) electrons. The molecule has 0 aliphatic heterocycles. The Kier molecular flexibility index (Phi) is 5.49. The molecule has 0 saturated heterocycles. The van der Waals surface area contributed by atoms with Gasteiger partial charge in [0.15, 0.2) is 0 Å². The first-order valence-electron chi connectivity index (χ1n) is 8.16. The molecule has 1 aliphatic carbocycles. The molecule has 3 rings (SSSR count). The zero-order chi connectivity index (χ0) is 18.0. The normalized spacial score (nSPS) is 14.0. The van der Waals surface area contributed by atoms with Crippen LogP contribution in [0.2, 0.25) is 0 Å². The lowest BCUT2D eigenvalue weighted by Gasteiger charge is -2.22. The van der Waals surface area contributed by atoms with E-state index in [1.807, 2.05) is 30.0 Å². The van der Waals surface area contributed by atoms with Crippen molar-refractivity contribution in [1.82, 2.24) is 4.90 Å². The largest absolute Gasteiger partial charge is 0.324 e. The minimum atomic E-state index is -0.596. The number of aryl methyl sites for hydroxylation is 1. The summed E-state index contributed by atoms with van der Waals surface area (Å²) in [5, 5.41) is 2.88. The summed E-state index contributed by atoms with van der Waals surface area (Å²) in [6.45, 7) is 2.43. The summed E-state index contributed by atoms with van der Waals surface area (Å²) in [6.07, 6.45) is 1.98. The molecule has 25 heavy (non-hydrogen) atoms. The van der Waals surface area contributed by atoms with Gasteiger partial charge in [0, 0.05) is 28.7 Å². The lowest BCUT2D eigenvalue weighted by molar-refractivity contribution is -0.117. The van der Waals surface area contributed by atoms with E-state index in [0.29, 0.717) is 17.8 Å². The van der Waals surface area contributed by atoms with Gasteiger partial charge in [-0.25, -0.2) is 8.78 Å². The smallest absolute Gasteiger partial charge is 0.238 e. The fourth-order valence-electron chi connectivity index (χ4n) is 2.72. The van der Waals surface area contributed by atoms with Gasteiger partial charge >= 0.3 is 0 Å². The summed E-state index contributed by atoms with van der Waals surface area (Å²) < 4.78 is 27.8. The van der Waals surface area contributed by atoms with Gasteiger partial charge in [0.2, 0.25) is 5.91 Å². The number of halogens is 3. The predicted molar refractivity (Wildman–Crippen MR) is 97.3 cm³/mol. The quantitative estimate of drug-likeness (QED) is 0.754. The van der Waals surface area contributed by atoms with Crippen molar-refractivity contribution in [3.05, 3.63) is 63.6 Å². The fourth-order valence-corrected chi connectivity index (χ4v) is 3.31. The molecular formula is C19H19BrF2N2O. The topological polar surface area (TPSA) is 32.3 Å². The van der Waals surface area contributed by atoms with Gasteiger partial charge in [-0.3, -0.25) is 9.69 Å². The van der Waals surface area contributed by atoms with E-state index in [1.165, 1.54) is 12.1 Å². The standard InChI is InChI=1S/C19H19BrF2N2O/c1-12-2-7-18(16(20)8-12)23-19(25)11-24(15-5-6-15)10-13-3-4-14(21)9-17(13)22/h2-4,7-9,15H,5-6,10-11H2,1H3,(H,23,25). The molecule has 1 N–H and O–H groups in total. The molecule has 0 spiro atoms. The summed E-state index contributed by atoms with van der Waals surface area (Å²) in [5.74, 6) is -1.33. The highest BCUT2D eigenvalue weighted by molar-refractivity contribution is 9.10. The van der Waals surface area contributed by atoms with Crippen LogP contribution in [0.15, 0.2) is 40.9 Å². The Bertz CT molecular complexity index is 793. The SMILES string of the molecule is Cc1ccc(NC(=O)CN(Cc2ccc(F)cc2F)C2CC2)c(Br)c1. The number of hydrogen-bond donors (Lipinski definition) is 1. The van der Waals surface area contributed by atoms with Gasteiger partial charge in [-0.2, -0.15) is 0 Å². The number of carbonyl (C=O) groups is 1. The van der Waals surface area contributed by atoms with Crippen LogP contribution < -0.4 is 5.32 Å². The van der Waals surface area contributed by atoms with E-state index in [9.17, 15) is 13.6 Å². The second-order valence-corrected chi connectivity index (χ2v) is 7.26. The predicted octanol–water partition coefficient (Wildman–Crippen LogP) is 4.64. The third-order valence-electron chi connectivity index (χ3n) is 4.20. The van der Waals surface area contributed by atoms with E-state index in [2.05, 4.69) is 21.2 Å². The highest BCUT2D eigenvalue weighted by Gasteiger charge is 2.31. The van der Waals surface area contributed by atoms with E-state index >= 15 is 0 Å². The molecule has 6 heteroatoms. The van der Waals surface area contributed by atoms with Crippen LogP contribution in [-0.4, -0.2) is 23.4 Å². The van der Waals surface area contributed by atoms with Crippen LogP contribution in [0.4, 0.5) is 14.5 Å². The van der Waals surface area contributed by atoms with Crippen molar-refractivity contribution in [3.63, 3.8) is 0 Å². The van der Waals surface area contributed by atoms with Crippen molar-refractivity contribution in [2.24, 2.45) is 0 Å². The molecule has 2 aromatic rings. The second-order valence-electron chi connectivity index (χ2n) is 6.40. The molecule has 1 amide bonds. The molecule has 2 aromatic carbocycles. The van der Waals surface area contributed by atoms with Crippen molar-refractivity contribution in [3.8, 4) is 0 Å². The van der Waals surface area contributed by atoms with Gasteiger partial charge < -0.3 is 5.32 Å². The van der Waals surface area contributed by atoms with Gasteiger partial charge in [0.1, 0.15) is 11.6 Å². The van der Waals surface area contributed by atoms with Gasteiger partial charge in [-0.05, 0) is 59.5 Å². The van der Waals surface area contributed by atoms with Crippen LogP contribution in [0.1, 0.15) is 24.0 Å². The summed E-state index contributed by atoms with van der Waals surface area (Å²) in [4.78, 5) is 14.3. The van der Waals surface area contributed by atoms with E-state index < -0.39 is 11.6 Å². The average Bonchev–Trinajstić information content (AvgIpc) is 3.37. The lowest BCUT2D eigenvalue weighted by atomic mass is 10.2. The molecule has 0 aromatic heterocycles. The number of rotatable bonds is 6. The number of carbonyl (C=O) groups excluding carboxylic acids is 1. The highest BCUT2D eigenvalue weighted by Crippen LogP contribution is 2.29. The molecule has 1 aliphatic rings. The lowest BCUT2D eigenvalue weighted by Crippen LogP contribution is -2.34. The molecule has 1 fully saturated rings. The molecule has 0 atom stereocenters. The molecular weight excluding hydrogens is 390 g/mol. The molecule has 1 saturated carbocycles. The van der Waals surface area contributed by atoms with Crippen LogP contribution in [-0.2, 0) is 11.3 Å². The number of nitrogens with one attached hydrogen (secondary N) is 1. The van der Waals surface area contributed by atoms with Crippen molar-refractivity contribution >= 4 is 27.5 Å². The van der Waals surface area contributed by atoms with Gasteiger partial charge in [-0.1, -0.05) is 12.1 Å². The van der Waals surface area contributed by atoms with Crippen LogP contribution in [0.25, 0.3) is 0 Å². The third-order valence-corrected chi connectivity index (χ3v) is 4.85. The summed E-state index contributed by atoms with van der Waals surface area (Å²) >= 11 is 3.44. The first kappa shape index (κ1) is 18.0. The van der Waals surface area contributed by atoms with Crippen molar-refractivity contribution < 1.29 is 13.6 Å². The zero-order valence-corrected chi connectivity index (χ0v) is 15.4. The fraction of sp³-hybridized carbons (Fsp3) is 0.316. The van der Waals surface area contributed by atoms with E-state index in [-0.39, 0.29) is 18.5 Å². The number of anilines is 1. The molecule has 3 nitrogen and oxygen atoms in total. The third kappa shape index (κ3) is 4.86. The summed E-state index contributed by atoms with van der Waals surface area (Å²) in [5.41, 5.74) is 2.20. The van der Waals surface area contributed by atoms with Crippen LogP contribution in [0, 0.1) is 18.6 Å². The van der Waals surface area contributed by atoms with Crippen LogP contribution in [0.5, 0.6) is 0 Å². The Labute approximate surface area is 154 Å². The van der Waals surface area contributed by atoms with E-state index in [1.54, 1.807) is 0 Å². The number of amides is 1. The minimum absolute atomic E-state index is 0.154. The molecule has 0 bridgehead atoms. The Balaban J connectivity index is 1.66. The van der Waals surface area contributed by atoms with Crippen molar-refractivity contribution in [2.75, 3.05) is 11.9 Å². The molecule has 0 heterocycles. The van der Waals surface area contributed by atoms with Crippen LogP contribution in [0.3, 0.4) is 0 Å². The Hall–Kier alpha value is -1.79. The van der Waals surface area contributed by atoms with E-state index in [0.717, 1.165) is 28.9 Å². The van der Waals surface area contributed by atoms with Crippen molar-refractivity contribution in [2.45, 2.75) is 32.4 Å². The Morgan fingerprint density at radius 3 is 2.64 bits per heavy atom. The van der Waals surface area contributed by atoms with Gasteiger partial charge in [0.25, 0.3) is 0 Å². The maximum absolute atomic E-state index is 13.9. The first-order chi connectivity index (χ1) is 11.9. The number of nitrogens with zero attached hydrogens (tertiary/aromatic N) is 1. The molecule has 132 valence electrons. The maximum atomic E-state index is 13.9. The monoisotopic (exact) mass is 408 g/mol. The summed E-state index contributed by atoms with van der Waals surface area (Å²) in [7, 11) is 0. The number of hydrogen-bond acceptors (Lipinski definition) is 2. The Morgan fingerprint density at radius 1 is 1.24 bits per heavy atom. The summed E-state index contributed by atoms with van der Waals surface area (Å²) in [6, 6.07) is 9.54. The maximum Gasteiger partial charge on any atom is 0.238 e. The van der Waals surface area contributed by atoms with Gasteiger partial charge in [-0.15, -0.1) is 0 Å². The second kappa shape index (κ2) is 7.62. The molecule has 0 unspecified atom stereocenters. The Morgan fingerprint density at radius 2 is 2.00 bits per heavy atom. The van der Waals surface area contributed by atoms with Crippen molar-refractivity contribution in [1.29, 1.82) is 0 Å². The van der Waals surface area contributed by atoms with Crippen LogP contribution >= 0.6 is 15.9 Å².